The van der Waals surface area contributed by atoms with Gasteiger partial charge >= 0.3 is 0 Å². The minimum atomic E-state index is 0.145. The Labute approximate surface area is 111 Å². The maximum absolute atomic E-state index is 5.70. The lowest BCUT2D eigenvalue weighted by molar-refractivity contribution is 0.433. The summed E-state index contributed by atoms with van der Waals surface area (Å²) in [6.07, 6.45) is 3.77. The molecular formula is C12H18N4OS. The van der Waals surface area contributed by atoms with Gasteiger partial charge in [-0.15, -0.1) is 10.2 Å². The van der Waals surface area contributed by atoms with Crippen molar-refractivity contribution in [1.29, 1.82) is 0 Å². The van der Waals surface area contributed by atoms with Crippen molar-refractivity contribution in [2.75, 3.05) is 6.26 Å². The van der Waals surface area contributed by atoms with Crippen LogP contribution in [0, 0.1) is 0 Å². The average molecular weight is 266 g/mol. The molecule has 0 spiro atoms. The molecule has 0 radical (unpaired) electrons. The lowest BCUT2D eigenvalue weighted by atomic mass is 10.3. The fourth-order valence-electron chi connectivity index (χ4n) is 1.77. The molecule has 0 fully saturated rings. The zero-order chi connectivity index (χ0) is 13.0. The molecule has 2 rings (SSSR count). The summed E-state index contributed by atoms with van der Waals surface area (Å²) >= 11 is 1.76. The van der Waals surface area contributed by atoms with Crippen molar-refractivity contribution in [2.24, 2.45) is 7.05 Å². The predicted octanol–water partition coefficient (Wildman–Crippen LogP) is 2.12. The summed E-state index contributed by atoms with van der Waals surface area (Å²) in [4.78, 5) is 0. The van der Waals surface area contributed by atoms with Crippen LogP contribution in [0.5, 0.6) is 0 Å². The Morgan fingerprint density at radius 2 is 2.22 bits per heavy atom. The summed E-state index contributed by atoms with van der Waals surface area (Å²) in [7, 11) is 1.94. The van der Waals surface area contributed by atoms with Crippen LogP contribution in [0.1, 0.15) is 30.3 Å². The molecule has 5 nitrogen and oxygen atoms in total. The third-order valence-electron chi connectivity index (χ3n) is 2.72. The summed E-state index contributed by atoms with van der Waals surface area (Å²) in [5.41, 5.74) is 0. The van der Waals surface area contributed by atoms with Gasteiger partial charge in [0.2, 0.25) is 0 Å². The average Bonchev–Trinajstić information content (AvgIpc) is 2.96. The molecule has 1 unspecified atom stereocenters. The second-order valence-corrected chi connectivity index (χ2v) is 5.07. The number of thioether (sulfide) groups is 1. The van der Waals surface area contributed by atoms with Gasteiger partial charge in [0.25, 0.3) is 0 Å². The number of aryl methyl sites for hydroxylation is 1. The molecule has 6 heteroatoms. The third kappa shape index (κ3) is 3.14. The van der Waals surface area contributed by atoms with Crippen molar-refractivity contribution < 1.29 is 4.42 Å². The first kappa shape index (κ1) is 13.2. The Kier molecular flexibility index (Phi) is 4.43. The van der Waals surface area contributed by atoms with Gasteiger partial charge in [0, 0.05) is 7.05 Å². The lowest BCUT2D eigenvalue weighted by Gasteiger charge is -2.11. The monoisotopic (exact) mass is 266 g/mol. The fourth-order valence-corrected chi connectivity index (χ4v) is 2.21. The number of rotatable bonds is 6. The maximum Gasteiger partial charge on any atom is 0.149 e. The van der Waals surface area contributed by atoms with Gasteiger partial charge in [0.05, 0.1) is 18.3 Å². The van der Waals surface area contributed by atoms with E-state index >= 15 is 0 Å². The Hall–Kier alpha value is -1.27. The van der Waals surface area contributed by atoms with Gasteiger partial charge in [0.1, 0.15) is 23.7 Å². The van der Waals surface area contributed by atoms with Gasteiger partial charge in [-0.3, -0.25) is 0 Å². The maximum atomic E-state index is 5.70. The van der Waals surface area contributed by atoms with Crippen LogP contribution < -0.4 is 5.32 Å². The third-order valence-corrected chi connectivity index (χ3v) is 3.29. The van der Waals surface area contributed by atoms with Crippen LogP contribution in [0.2, 0.25) is 0 Å². The Morgan fingerprint density at radius 1 is 1.44 bits per heavy atom. The molecule has 0 saturated carbocycles. The number of nitrogens with one attached hydrogen (secondary N) is 1. The molecule has 98 valence electrons. The molecule has 0 bridgehead atoms. The van der Waals surface area contributed by atoms with E-state index in [-0.39, 0.29) is 6.04 Å². The van der Waals surface area contributed by atoms with Crippen molar-refractivity contribution in [3.63, 3.8) is 0 Å². The number of aromatic nitrogens is 3. The second kappa shape index (κ2) is 6.06. The number of hydrogen-bond donors (Lipinski definition) is 1. The van der Waals surface area contributed by atoms with Gasteiger partial charge in [-0.05, 0) is 25.3 Å². The van der Waals surface area contributed by atoms with Crippen molar-refractivity contribution >= 4 is 11.8 Å². The summed E-state index contributed by atoms with van der Waals surface area (Å²) < 4.78 is 7.61. The van der Waals surface area contributed by atoms with Crippen LogP contribution in [0.4, 0.5) is 0 Å². The first-order chi connectivity index (χ1) is 8.70. The SMILES string of the molecule is CSCc1ccc(CNC(C)c2nncn2C)o1. The normalized spacial score (nSPS) is 12.8. The molecule has 0 aliphatic rings. The second-order valence-electron chi connectivity index (χ2n) is 4.20. The fraction of sp³-hybridized carbons (Fsp3) is 0.500. The lowest BCUT2D eigenvalue weighted by Crippen LogP contribution is -2.20. The standard InChI is InChI=1S/C12H18N4OS/c1-9(12-15-14-8-16(12)2)13-6-10-4-5-11(17-10)7-18-3/h4-5,8-9,13H,6-7H2,1-3H3. The van der Waals surface area contributed by atoms with Crippen LogP contribution in [0.15, 0.2) is 22.9 Å². The molecule has 2 aromatic rings. The first-order valence-corrected chi connectivity index (χ1v) is 7.24. The molecule has 1 N–H and O–H groups in total. The number of hydrogen-bond acceptors (Lipinski definition) is 5. The van der Waals surface area contributed by atoms with Crippen LogP contribution in [0.25, 0.3) is 0 Å². The summed E-state index contributed by atoms with van der Waals surface area (Å²) in [6, 6.07) is 4.19. The number of nitrogens with zero attached hydrogens (tertiary/aromatic N) is 3. The van der Waals surface area contributed by atoms with Crippen molar-refractivity contribution in [3.8, 4) is 0 Å². The van der Waals surface area contributed by atoms with E-state index in [0.717, 1.165) is 23.1 Å². The highest BCUT2D eigenvalue weighted by Crippen LogP contribution is 2.14. The van der Waals surface area contributed by atoms with Gasteiger partial charge in [-0.2, -0.15) is 11.8 Å². The van der Waals surface area contributed by atoms with Crippen LogP contribution in [0.3, 0.4) is 0 Å². The highest BCUT2D eigenvalue weighted by Gasteiger charge is 2.11. The first-order valence-electron chi connectivity index (χ1n) is 5.84. The molecule has 0 aromatic carbocycles. The van der Waals surface area contributed by atoms with Gasteiger partial charge in [0.15, 0.2) is 0 Å². The Bertz CT molecular complexity index is 494. The molecule has 18 heavy (non-hydrogen) atoms. The minimum Gasteiger partial charge on any atom is -0.464 e. The molecule has 0 amide bonds. The van der Waals surface area contributed by atoms with Crippen molar-refractivity contribution in [2.45, 2.75) is 25.3 Å². The van der Waals surface area contributed by atoms with E-state index < -0.39 is 0 Å². The Morgan fingerprint density at radius 3 is 2.89 bits per heavy atom. The van der Waals surface area contributed by atoms with Crippen LogP contribution >= 0.6 is 11.8 Å². The van der Waals surface area contributed by atoms with Gasteiger partial charge in [-0.1, -0.05) is 0 Å². The largest absolute Gasteiger partial charge is 0.464 e. The van der Waals surface area contributed by atoms with E-state index in [2.05, 4.69) is 28.7 Å². The highest BCUT2D eigenvalue weighted by molar-refractivity contribution is 7.97. The van der Waals surface area contributed by atoms with E-state index in [9.17, 15) is 0 Å². The zero-order valence-electron chi connectivity index (χ0n) is 10.9. The predicted molar refractivity (Wildman–Crippen MR) is 72.2 cm³/mol. The highest BCUT2D eigenvalue weighted by atomic mass is 32.2. The van der Waals surface area contributed by atoms with E-state index in [4.69, 9.17) is 4.42 Å². The van der Waals surface area contributed by atoms with E-state index in [1.54, 1.807) is 18.1 Å². The van der Waals surface area contributed by atoms with Crippen molar-refractivity contribution in [1.82, 2.24) is 20.1 Å². The molecule has 2 aromatic heterocycles. The molecule has 0 aliphatic carbocycles. The van der Waals surface area contributed by atoms with E-state index in [1.807, 2.05) is 23.7 Å². The van der Waals surface area contributed by atoms with Crippen LogP contribution in [-0.2, 0) is 19.3 Å². The summed E-state index contributed by atoms with van der Waals surface area (Å²) in [5, 5.41) is 11.3. The zero-order valence-corrected chi connectivity index (χ0v) is 11.7. The van der Waals surface area contributed by atoms with E-state index in [0.29, 0.717) is 6.54 Å². The molecule has 0 saturated heterocycles. The van der Waals surface area contributed by atoms with Gasteiger partial charge in [-0.25, -0.2) is 0 Å². The summed E-state index contributed by atoms with van der Waals surface area (Å²) in [6.45, 7) is 2.76. The molecule has 0 aliphatic heterocycles. The minimum absolute atomic E-state index is 0.145. The molecule has 1 atom stereocenters. The van der Waals surface area contributed by atoms with Crippen LogP contribution in [-0.4, -0.2) is 21.0 Å². The molecular weight excluding hydrogens is 248 g/mol. The Balaban J connectivity index is 1.89. The van der Waals surface area contributed by atoms with Crippen molar-refractivity contribution in [3.05, 3.63) is 35.8 Å². The molecule has 2 heterocycles. The summed E-state index contributed by atoms with van der Waals surface area (Å²) in [5.74, 6) is 3.81. The van der Waals surface area contributed by atoms with E-state index in [1.165, 1.54) is 0 Å². The topological polar surface area (TPSA) is 55.9 Å². The number of furan rings is 1. The quantitative estimate of drug-likeness (QED) is 0.868. The van der Waals surface area contributed by atoms with Gasteiger partial charge < -0.3 is 14.3 Å². The smallest absolute Gasteiger partial charge is 0.149 e.